The Hall–Kier alpha value is -5.91. The third-order valence-corrected chi connectivity index (χ3v) is 8.69. The summed E-state index contributed by atoms with van der Waals surface area (Å²) in [7, 11) is 0. The Morgan fingerprint density at radius 1 is 0.979 bits per heavy atom. The molecule has 12 nitrogen and oxygen atoms in total. The van der Waals surface area contributed by atoms with Crippen molar-refractivity contribution in [1.82, 2.24) is 15.1 Å². The Balaban J connectivity index is 1.29. The van der Waals surface area contributed by atoms with E-state index in [1.54, 1.807) is 56.3 Å². The molecule has 1 fully saturated rings. The Labute approximate surface area is 276 Å². The van der Waals surface area contributed by atoms with Gasteiger partial charge in [-0.1, -0.05) is 66.7 Å². The summed E-state index contributed by atoms with van der Waals surface area (Å²) < 4.78 is 16.0. The van der Waals surface area contributed by atoms with E-state index < -0.39 is 41.9 Å². The van der Waals surface area contributed by atoms with E-state index in [9.17, 15) is 19.2 Å². The van der Waals surface area contributed by atoms with E-state index in [2.05, 4.69) is 5.32 Å². The average molecular weight is 650 g/mol. The number of amides is 4. The van der Waals surface area contributed by atoms with Gasteiger partial charge in [0, 0.05) is 12.1 Å². The van der Waals surface area contributed by atoms with E-state index in [0.29, 0.717) is 28.2 Å². The van der Waals surface area contributed by atoms with Crippen molar-refractivity contribution in [3.05, 3.63) is 107 Å². The number of fused-ring (bicyclic) bond motifs is 2. The van der Waals surface area contributed by atoms with E-state index in [1.807, 2.05) is 42.5 Å². The molecule has 12 heteroatoms. The predicted octanol–water partition coefficient (Wildman–Crippen LogP) is 4.34. The molecular weight excluding hydrogens is 614 g/mol. The molecule has 2 aliphatic rings. The summed E-state index contributed by atoms with van der Waals surface area (Å²) in [4.78, 5) is 56.9. The van der Waals surface area contributed by atoms with Crippen LogP contribution in [0.4, 0.5) is 4.79 Å². The third-order valence-electron chi connectivity index (χ3n) is 8.69. The molecule has 4 aromatic rings. The van der Waals surface area contributed by atoms with Crippen molar-refractivity contribution in [3.63, 3.8) is 0 Å². The molecule has 0 spiro atoms. The number of urea groups is 1. The van der Waals surface area contributed by atoms with Gasteiger partial charge in [0.2, 0.25) is 12.7 Å². The van der Waals surface area contributed by atoms with Crippen LogP contribution in [0.25, 0.3) is 10.8 Å². The summed E-state index contributed by atoms with van der Waals surface area (Å²) >= 11 is 0. The van der Waals surface area contributed by atoms with Crippen LogP contribution in [-0.4, -0.2) is 59.4 Å². The van der Waals surface area contributed by atoms with Gasteiger partial charge in [-0.15, -0.1) is 0 Å². The van der Waals surface area contributed by atoms with Crippen molar-refractivity contribution >= 4 is 40.4 Å². The number of esters is 1. The second-order valence-electron chi connectivity index (χ2n) is 11.7. The van der Waals surface area contributed by atoms with Crippen LogP contribution in [0.1, 0.15) is 48.6 Å². The maximum absolute atomic E-state index is 14.3. The highest BCUT2D eigenvalue weighted by molar-refractivity contribution is 6.09. The van der Waals surface area contributed by atoms with Crippen LogP contribution < -0.4 is 20.5 Å². The van der Waals surface area contributed by atoms with Crippen LogP contribution in [0.2, 0.25) is 0 Å². The van der Waals surface area contributed by atoms with E-state index in [0.717, 1.165) is 21.2 Å². The number of benzene rings is 4. The highest BCUT2D eigenvalue weighted by Crippen LogP contribution is 2.39. The minimum atomic E-state index is -1.49. The van der Waals surface area contributed by atoms with E-state index >= 15 is 0 Å². The molecular formula is C36H35N5O7. The molecule has 48 heavy (non-hydrogen) atoms. The molecule has 246 valence electrons. The van der Waals surface area contributed by atoms with Gasteiger partial charge in [-0.05, 0) is 59.5 Å². The first-order valence-electron chi connectivity index (χ1n) is 15.5. The van der Waals surface area contributed by atoms with Gasteiger partial charge in [-0.25, -0.2) is 4.79 Å². The summed E-state index contributed by atoms with van der Waals surface area (Å²) in [5.41, 5.74) is 6.50. The zero-order valence-corrected chi connectivity index (χ0v) is 26.5. The monoisotopic (exact) mass is 649 g/mol. The second kappa shape index (κ2) is 13.1. The lowest BCUT2D eigenvalue weighted by Gasteiger charge is -2.32. The van der Waals surface area contributed by atoms with E-state index in [-0.39, 0.29) is 32.2 Å². The number of hydrogen-bond donors (Lipinski definition) is 3. The number of nitrogens with zero attached hydrogens (tertiary/aromatic N) is 2. The Morgan fingerprint density at radius 3 is 2.44 bits per heavy atom. The molecule has 1 saturated heterocycles. The van der Waals surface area contributed by atoms with Crippen molar-refractivity contribution < 1.29 is 33.4 Å². The minimum absolute atomic E-state index is 0.0544. The quantitative estimate of drug-likeness (QED) is 0.0935. The maximum Gasteiger partial charge on any atom is 0.328 e. The molecule has 0 aromatic heterocycles. The molecule has 4 N–H and O–H groups in total. The van der Waals surface area contributed by atoms with Crippen LogP contribution >= 0.6 is 0 Å². The fourth-order valence-corrected chi connectivity index (χ4v) is 6.09. The Bertz CT molecular complexity index is 1930. The Morgan fingerprint density at radius 2 is 1.71 bits per heavy atom. The number of carbonyl (C=O) groups is 4. The highest BCUT2D eigenvalue weighted by Gasteiger charge is 2.55. The van der Waals surface area contributed by atoms with Gasteiger partial charge < -0.3 is 30.2 Å². The van der Waals surface area contributed by atoms with Crippen molar-refractivity contribution in [2.75, 3.05) is 19.9 Å². The number of ether oxygens (including phenoxy) is 3. The number of imide groups is 1. The van der Waals surface area contributed by atoms with Crippen molar-refractivity contribution in [2.45, 2.75) is 38.4 Å². The maximum atomic E-state index is 14.3. The topological polar surface area (TPSA) is 164 Å². The molecule has 0 bridgehead atoms. The largest absolute Gasteiger partial charge is 0.466 e. The zero-order valence-electron chi connectivity index (χ0n) is 26.5. The molecule has 2 atom stereocenters. The summed E-state index contributed by atoms with van der Waals surface area (Å²) in [6.45, 7) is 3.05. The van der Waals surface area contributed by atoms with Crippen molar-refractivity contribution in [3.8, 4) is 11.5 Å². The minimum Gasteiger partial charge on any atom is -0.466 e. The highest BCUT2D eigenvalue weighted by atomic mass is 16.7. The zero-order chi connectivity index (χ0) is 34.0. The summed E-state index contributed by atoms with van der Waals surface area (Å²) in [5.74, 6) is -0.898. The summed E-state index contributed by atoms with van der Waals surface area (Å²) in [5, 5.41) is 12.6. The number of carbonyl (C=O) groups excluding carboxylic acids is 4. The standard InChI is InChI=1S/C36H35N5O7/c1-3-46-32(43)18-28(26-12-15-29-30(17-26)48-21-47-29)39-31(42)20-40-34(44)36(2,27-13-10-24(11-14-27)33(37)38)41(35(40)45)19-22-8-9-23-6-4-5-7-25(23)16-22/h4-17,28H,3,18-21H2,1-2H3,(H3,37,38)(H,39,42). The first kappa shape index (κ1) is 32.0. The molecule has 2 unspecified atom stereocenters. The lowest BCUT2D eigenvalue weighted by atomic mass is 9.89. The lowest BCUT2D eigenvalue weighted by Crippen LogP contribution is -2.44. The van der Waals surface area contributed by atoms with Gasteiger partial charge in [-0.3, -0.25) is 24.7 Å². The van der Waals surface area contributed by atoms with Crippen LogP contribution in [-0.2, 0) is 31.2 Å². The van der Waals surface area contributed by atoms with Crippen LogP contribution in [0.15, 0.2) is 84.9 Å². The van der Waals surface area contributed by atoms with Crippen molar-refractivity contribution in [2.24, 2.45) is 5.73 Å². The smallest absolute Gasteiger partial charge is 0.328 e. The molecule has 4 amide bonds. The first-order valence-corrected chi connectivity index (χ1v) is 15.5. The van der Waals surface area contributed by atoms with Crippen molar-refractivity contribution in [1.29, 1.82) is 5.41 Å². The van der Waals surface area contributed by atoms with Crippen LogP contribution in [0.3, 0.4) is 0 Å². The van der Waals surface area contributed by atoms with Gasteiger partial charge in [-0.2, -0.15) is 0 Å². The number of nitrogens with one attached hydrogen (secondary N) is 2. The third kappa shape index (κ3) is 6.11. The molecule has 2 heterocycles. The van der Waals surface area contributed by atoms with Gasteiger partial charge in [0.25, 0.3) is 5.91 Å². The first-order chi connectivity index (χ1) is 23.1. The number of amidine groups is 1. The van der Waals surface area contributed by atoms with Gasteiger partial charge in [0.05, 0.1) is 19.1 Å². The molecule has 0 saturated carbocycles. The molecule has 0 radical (unpaired) electrons. The average Bonchev–Trinajstić information content (AvgIpc) is 3.62. The Kier molecular flexibility index (Phi) is 8.72. The lowest BCUT2D eigenvalue weighted by molar-refractivity contribution is -0.144. The van der Waals surface area contributed by atoms with Crippen LogP contribution in [0.5, 0.6) is 11.5 Å². The van der Waals surface area contributed by atoms with E-state index in [4.69, 9.17) is 25.4 Å². The van der Waals surface area contributed by atoms with Crippen LogP contribution in [0, 0.1) is 5.41 Å². The van der Waals surface area contributed by atoms with Gasteiger partial charge in [0.1, 0.15) is 17.9 Å². The fourth-order valence-electron chi connectivity index (χ4n) is 6.09. The molecule has 6 rings (SSSR count). The number of hydrogen-bond acceptors (Lipinski definition) is 8. The van der Waals surface area contributed by atoms with Gasteiger partial charge >= 0.3 is 12.0 Å². The van der Waals surface area contributed by atoms with E-state index in [1.165, 1.54) is 4.90 Å². The number of nitrogen functional groups attached to an aromatic ring is 1. The number of nitrogens with two attached hydrogens (primary N) is 1. The van der Waals surface area contributed by atoms with Gasteiger partial charge in [0.15, 0.2) is 11.5 Å². The molecule has 2 aliphatic heterocycles. The molecule has 4 aromatic carbocycles. The number of rotatable bonds is 11. The molecule has 0 aliphatic carbocycles. The SMILES string of the molecule is CCOC(=O)CC(NC(=O)CN1C(=O)N(Cc2ccc3ccccc3c2)C(C)(c2ccc(C(=N)N)cc2)C1=O)c1ccc2c(c1)OCO2. The summed E-state index contributed by atoms with van der Waals surface area (Å²) in [6.07, 6.45) is -0.185. The fraction of sp³-hybridized carbons (Fsp3) is 0.250. The second-order valence-corrected chi connectivity index (χ2v) is 11.7. The predicted molar refractivity (Wildman–Crippen MR) is 176 cm³/mol. The normalized spacial score (nSPS) is 17.5. The summed E-state index contributed by atoms with van der Waals surface area (Å²) in [6, 6.07) is 23.8.